The molecule has 1 aliphatic carbocycles. The summed E-state index contributed by atoms with van der Waals surface area (Å²) in [5.74, 6) is 2.44. The monoisotopic (exact) mass is 555 g/mol. The van der Waals surface area contributed by atoms with E-state index in [0.29, 0.717) is 36.8 Å². The number of oxime groups is 1. The lowest BCUT2D eigenvalue weighted by Crippen LogP contribution is -1.95. The summed E-state index contributed by atoms with van der Waals surface area (Å²) >= 11 is 5.83. The fourth-order valence-corrected chi connectivity index (χ4v) is 4.57. The Kier molecular flexibility index (Phi) is 9.06. The predicted molar refractivity (Wildman–Crippen MR) is 154 cm³/mol. The van der Waals surface area contributed by atoms with Gasteiger partial charge in [0.15, 0.2) is 0 Å². The Labute approximate surface area is 238 Å². The molecule has 1 aliphatic rings. The van der Waals surface area contributed by atoms with Crippen LogP contribution in [0.3, 0.4) is 0 Å². The molecule has 204 valence electrons. The topological polar surface area (TPSA) is 93.9 Å². The van der Waals surface area contributed by atoms with E-state index >= 15 is 0 Å². The molecular formula is C32H30ClN3O4. The van der Waals surface area contributed by atoms with Crippen molar-refractivity contribution in [2.24, 2.45) is 11.1 Å². The Balaban J connectivity index is 0.000000184. The summed E-state index contributed by atoms with van der Waals surface area (Å²) in [5.41, 5.74) is 5.53. The molecule has 0 saturated heterocycles. The number of hydrogen-bond acceptors (Lipinski definition) is 7. The molecule has 2 atom stereocenters. The van der Waals surface area contributed by atoms with Crippen molar-refractivity contribution in [2.75, 3.05) is 0 Å². The standard InChI is InChI=1S/C20H16N2O3.C12H14ClNO/c1-3-7-15(8-4-1)19-21-17(13-24-19)11-23-12-18-14-25-20(22-18)16-9-5-2-6-10-16;1-8(14-15)6-10-7-12(10)9-2-4-11(13)5-3-9/h1-10,13-14H,11-12H2;2-5,10,12,15H,6-7H2,1H3/b;14-8+. The lowest BCUT2D eigenvalue weighted by Gasteiger charge is -2.00. The van der Waals surface area contributed by atoms with E-state index in [-0.39, 0.29) is 0 Å². The third kappa shape index (κ3) is 7.46. The van der Waals surface area contributed by atoms with Crippen LogP contribution in [-0.2, 0) is 18.0 Å². The molecule has 0 amide bonds. The molecule has 6 rings (SSSR count). The number of rotatable bonds is 9. The van der Waals surface area contributed by atoms with Gasteiger partial charge < -0.3 is 18.8 Å². The highest BCUT2D eigenvalue weighted by atomic mass is 35.5. The van der Waals surface area contributed by atoms with Gasteiger partial charge in [0.25, 0.3) is 0 Å². The van der Waals surface area contributed by atoms with Crippen LogP contribution in [0.2, 0.25) is 5.02 Å². The lowest BCUT2D eigenvalue weighted by atomic mass is 10.1. The molecule has 0 radical (unpaired) electrons. The molecule has 40 heavy (non-hydrogen) atoms. The van der Waals surface area contributed by atoms with E-state index in [4.69, 9.17) is 30.4 Å². The molecule has 2 heterocycles. The zero-order chi connectivity index (χ0) is 27.7. The summed E-state index contributed by atoms with van der Waals surface area (Å²) in [5, 5.41) is 12.6. The average molecular weight is 556 g/mol. The molecule has 3 aromatic carbocycles. The number of nitrogens with zero attached hydrogens (tertiary/aromatic N) is 3. The van der Waals surface area contributed by atoms with Crippen molar-refractivity contribution in [3.63, 3.8) is 0 Å². The third-order valence-electron chi connectivity index (χ3n) is 6.59. The number of benzene rings is 3. The summed E-state index contributed by atoms with van der Waals surface area (Å²) < 4.78 is 16.6. The van der Waals surface area contributed by atoms with Crippen LogP contribution >= 0.6 is 11.6 Å². The van der Waals surface area contributed by atoms with Gasteiger partial charge in [0.05, 0.1) is 18.9 Å². The van der Waals surface area contributed by atoms with Crippen molar-refractivity contribution in [1.82, 2.24) is 9.97 Å². The van der Waals surface area contributed by atoms with Crippen LogP contribution in [0.1, 0.15) is 42.6 Å². The average Bonchev–Trinajstić information content (AvgIpc) is 3.35. The SMILES string of the molecule is C/C(CC1CC1c1ccc(Cl)cc1)=N\O.c1ccc(-c2nc(COCc3coc(-c4ccccc4)n3)co2)cc1. The van der Waals surface area contributed by atoms with E-state index in [1.54, 1.807) is 12.5 Å². The first kappa shape index (κ1) is 27.4. The molecule has 0 bridgehead atoms. The van der Waals surface area contributed by atoms with Crippen molar-refractivity contribution in [1.29, 1.82) is 0 Å². The minimum Gasteiger partial charge on any atom is -0.444 e. The largest absolute Gasteiger partial charge is 0.444 e. The van der Waals surface area contributed by atoms with E-state index in [0.717, 1.165) is 39.7 Å². The normalized spacial score (nSPS) is 16.3. The number of oxazole rings is 2. The highest BCUT2D eigenvalue weighted by Gasteiger charge is 2.38. The molecule has 2 aromatic heterocycles. The number of hydrogen-bond donors (Lipinski definition) is 1. The van der Waals surface area contributed by atoms with E-state index < -0.39 is 0 Å². The van der Waals surface area contributed by atoms with Gasteiger partial charge in [-0.2, -0.15) is 0 Å². The highest BCUT2D eigenvalue weighted by Crippen LogP contribution is 2.49. The van der Waals surface area contributed by atoms with Crippen LogP contribution in [0.5, 0.6) is 0 Å². The summed E-state index contributed by atoms with van der Waals surface area (Å²) in [6.07, 6.45) is 5.30. The van der Waals surface area contributed by atoms with Crippen molar-refractivity contribution >= 4 is 17.3 Å². The van der Waals surface area contributed by atoms with E-state index in [1.165, 1.54) is 12.0 Å². The summed E-state index contributed by atoms with van der Waals surface area (Å²) in [7, 11) is 0. The Morgan fingerprint density at radius 3 is 1.88 bits per heavy atom. The first-order valence-corrected chi connectivity index (χ1v) is 13.5. The first-order valence-electron chi connectivity index (χ1n) is 13.1. The van der Waals surface area contributed by atoms with E-state index in [2.05, 4.69) is 27.3 Å². The van der Waals surface area contributed by atoms with Gasteiger partial charge >= 0.3 is 0 Å². The maximum Gasteiger partial charge on any atom is 0.226 e. The molecule has 7 nitrogen and oxygen atoms in total. The fourth-order valence-electron chi connectivity index (χ4n) is 4.45. The van der Waals surface area contributed by atoms with Gasteiger partial charge in [0, 0.05) is 16.1 Å². The van der Waals surface area contributed by atoms with Crippen molar-refractivity contribution < 1.29 is 18.8 Å². The number of ether oxygens (including phenoxy) is 1. The van der Waals surface area contributed by atoms with E-state index in [1.807, 2.05) is 79.7 Å². The van der Waals surface area contributed by atoms with Gasteiger partial charge in [-0.05, 0) is 73.6 Å². The zero-order valence-electron chi connectivity index (χ0n) is 22.1. The molecule has 8 heteroatoms. The summed E-state index contributed by atoms with van der Waals surface area (Å²) in [6, 6.07) is 27.6. The predicted octanol–water partition coefficient (Wildman–Crippen LogP) is 8.40. The molecule has 1 saturated carbocycles. The van der Waals surface area contributed by atoms with Gasteiger partial charge in [0.2, 0.25) is 11.8 Å². The highest BCUT2D eigenvalue weighted by molar-refractivity contribution is 6.30. The molecule has 0 aliphatic heterocycles. The minimum atomic E-state index is 0.351. The number of aromatic nitrogens is 2. The van der Waals surface area contributed by atoms with Gasteiger partial charge in [0.1, 0.15) is 23.9 Å². The Bertz CT molecular complexity index is 1440. The Hall–Kier alpha value is -4.20. The van der Waals surface area contributed by atoms with Crippen LogP contribution in [0.4, 0.5) is 0 Å². The maximum atomic E-state index is 8.58. The summed E-state index contributed by atoms with van der Waals surface area (Å²) in [6.45, 7) is 2.56. The summed E-state index contributed by atoms with van der Waals surface area (Å²) in [4.78, 5) is 8.86. The third-order valence-corrected chi connectivity index (χ3v) is 6.85. The van der Waals surface area contributed by atoms with E-state index in [9.17, 15) is 0 Å². The zero-order valence-corrected chi connectivity index (χ0v) is 22.9. The second-order valence-electron chi connectivity index (χ2n) is 9.71. The van der Waals surface area contributed by atoms with Gasteiger partial charge in [-0.25, -0.2) is 9.97 Å². The lowest BCUT2D eigenvalue weighted by molar-refractivity contribution is 0.102. The number of halogens is 1. The van der Waals surface area contributed by atoms with Crippen LogP contribution < -0.4 is 0 Å². The molecule has 0 spiro atoms. The Morgan fingerprint density at radius 2 is 1.38 bits per heavy atom. The van der Waals surface area contributed by atoms with Gasteiger partial charge in [-0.1, -0.05) is 65.3 Å². The Morgan fingerprint density at radius 1 is 0.850 bits per heavy atom. The van der Waals surface area contributed by atoms with Crippen molar-refractivity contribution in [3.8, 4) is 22.9 Å². The van der Waals surface area contributed by atoms with Gasteiger partial charge in [-0.3, -0.25) is 0 Å². The quantitative estimate of drug-likeness (QED) is 0.111. The fraction of sp³-hybridized carbons (Fsp3) is 0.219. The van der Waals surface area contributed by atoms with Crippen LogP contribution in [0.15, 0.2) is 111 Å². The van der Waals surface area contributed by atoms with Gasteiger partial charge in [-0.15, -0.1) is 0 Å². The molecule has 1 fully saturated rings. The molecule has 2 unspecified atom stereocenters. The second-order valence-corrected chi connectivity index (χ2v) is 10.1. The molecular weight excluding hydrogens is 526 g/mol. The second kappa shape index (κ2) is 13.2. The van der Waals surface area contributed by atoms with Crippen LogP contribution in [-0.4, -0.2) is 20.9 Å². The minimum absolute atomic E-state index is 0.351. The van der Waals surface area contributed by atoms with Crippen LogP contribution in [0.25, 0.3) is 22.9 Å². The van der Waals surface area contributed by atoms with Crippen molar-refractivity contribution in [3.05, 3.63) is 119 Å². The maximum absolute atomic E-state index is 8.58. The first-order chi connectivity index (χ1) is 19.6. The van der Waals surface area contributed by atoms with Crippen LogP contribution in [0, 0.1) is 5.92 Å². The smallest absolute Gasteiger partial charge is 0.226 e. The molecule has 5 aromatic rings. The molecule has 1 N–H and O–H groups in total. The van der Waals surface area contributed by atoms with Crippen molar-refractivity contribution in [2.45, 2.75) is 38.9 Å².